The van der Waals surface area contributed by atoms with Crippen LogP contribution in [0.25, 0.3) is 10.8 Å². The van der Waals surface area contributed by atoms with E-state index in [2.05, 4.69) is 99.6 Å². The van der Waals surface area contributed by atoms with E-state index in [4.69, 9.17) is 9.47 Å². The highest BCUT2D eigenvalue weighted by atomic mass is 16.5. The Morgan fingerprint density at radius 2 is 1.95 bits per heavy atom. The van der Waals surface area contributed by atoms with Crippen molar-refractivity contribution in [3.63, 3.8) is 0 Å². The van der Waals surface area contributed by atoms with Crippen LogP contribution in [0.4, 0.5) is 5.69 Å². The van der Waals surface area contributed by atoms with Crippen LogP contribution in [0, 0.1) is 23.2 Å². The summed E-state index contributed by atoms with van der Waals surface area (Å²) in [4.78, 5) is 45.3. The number of rotatable bonds is 6. The quantitative estimate of drug-likeness (QED) is 0.131. The molecule has 2 aromatic heterocycles. The topological polar surface area (TPSA) is 126 Å². The molecule has 60 heavy (non-hydrogen) atoms. The van der Waals surface area contributed by atoms with Crippen LogP contribution in [0.15, 0.2) is 109 Å². The summed E-state index contributed by atoms with van der Waals surface area (Å²) in [6.07, 6.45) is 22.6. The minimum Gasteiger partial charge on any atom is -0.504 e. The van der Waals surface area contributed by atoms with Gasteiger partial charge in [-0.2, -0.15) is 0 Å². The van der Waals surface area contributed by atoms with Gasteiger partial charge in [-0.05, 0) is 85.1 Å². The zero-order chi connectivity index (χ0) is 42.0. The van der Waals surface area contributed by atoms with E-state index in [1.54, 1.807) is 19.1 Å². The average Bonchev–Trinajstić information content (AvgIpc) is 3.88. The Balaban J connectivity index is 1.29. The number of methoxy groups -OCH3 is 1. The molecule has 0 saturated carbocycles. The molecule has 2 aliphatic heterocycles. The van der Waals surface area contributed by atoms with Gasteiger partial charge in [-0.15, -0.1) is 0 Å². The summed E-state index contributed by atoms with van der Waals surface area (Å²) in [6, 6.07) is 10.9. The number of esters is 1. The maximum atomic E-state index is 14.5. The molecule has 10 nitrogen and oxygen atoms in total. The molecule has 3 N–H and O–H groups in total. The standard InChI is InChI=1S/C50H54N4O6/c1-32-8-5-11-40-12-6-9-36-22-35-17-20-52-49(23-35)54(21-18-33(2)55)45-13-7-10-38-30-53(31-44(38)45)46(37-14-15-47(58)48(24-37)59-4)26-41(57)25-42(60-34(3)56)16-19-50(32,40)27-39-28-51-29-43(36)39/h5,7-8,10-11,13-15,17,23-24,28-32,36,42,46,51-52,58H,12,16,18-22,25-27H2,1-4H3. The number of ether oxygens (including phenoxy) is 2. The second-order valence-corrected chi connectivity index (χ2v) is 16.8. The third kappa shape index (κ3) is 8.31. The van der Waals surface area contributed by atoms with Gasteiger partial charge in [-0.1, -0.05) is 66.8 Å². The number of carbonyl (C=O) groups is 3. The molecule has 0 radical (unpaired) electrons. The Hall–Kier alpha value is -6.21. The highest BCUT2D eigenvalue weighted by Gasteiger charge is 2.42. The second-order valence-electron chi connectivity index (χ2n) is 16.8. The third-order valence-electron chi connectivity index (χ3n) is 12.9. The first kappa shape index (κ1) is 40.6. The number of hydrogen-bond donors (Lipinski definition) is 3. The molecule has 2 aliphatic carbocycles. The van der Waals surface area contributed by atoms with Gasteiger partial charge in [0.15, 0.2) is 11.5 Å². The minimum atomic E-state index is -0.624. The Morgan fingerprint density at radius 3 is 2.77 bits per heavy atom. The third-order valence-corrected chi connectivity index (χ3v) is 12.9. The molecule has 5 unspecified atom stereocenters. The first-order valence-corrected chi connectivity index (χ1v) is 21.1. The van der Waals surface area contributed by atoms with Gasteiger partial charge >= 0.3 is 5.97 Å². The lowest BCUT2D eigenvalue weighted by Crippen LogP contribution is -2.36. The Bertz CT molecular complexity index is 2510. The number of phenols is 1. The van der Waals surface area contributed by atoms with Crippen LogP contribution >= 0.6 is 0 Å². The van der Waals surface area contributed by atoms with E-state index in [0.29, 0.717) is 44.5 Å². The van der Waals surface area contributed by atoms with Crippen molar-refractivity contribution in [2.75, 3.05) is 25.1 Å². The van der Waals surface area contributed by atoms with Crippen molar-refractivity contribution < 1.29 is 29.0 Å². The summed E-state index contributed by atoms with van der Waals surface area (Å²) in [7, 11) is 1.51. The number of dihydropyridines is 1. The predicted octanol–water partition coefficient (Wildman–Crippen LogP) is 8.75. The normalized spacial score (nSPS) is 24.2. The van der Waals surface area contributed by atoms with Crippen molar-refractivity contribution >= 4 is 34.0 Å². The van der Waals surface area contributed by atoms with Gasteiger partial charge in [0.05, 0.1) is 24.8 Å². The molecule has 2 aromatic carbocycles. The maximum Gasteiger partial charge on any atom is 0.302 e. The van der Waals surface area contributed by atoms with E-state index in [1.807, 2.05) is 18.3 Å². The number of nitrogens with zero attached hydrogens (tertiary/aromatic N) is 2. The van der Waals surface area contributed by atoms with Gasteiger partial charge in [-0.25, -0.2) is 0 Å². The summed E-state index contributed by atoms with van der Waals surface area (Å²) in [5.74, 6) is 8.27. The number of ketones is 2. The molecule has 4 aromatic rings. The fraction of sp³-hybridized carbons (Fsp3) is 0.380. The SMILES string of the molecule is COc1cc(C2CC(=O)CC(OC(C)=O)CCC34Cc5c[nH]cc5C(C#CCC3=CC=CC4C)CC3=CCNC(=C3)N(CCC(C)=O)c3cccc4cn2cc34)ccc1O. The highest BCUT2D eigenvalue weighted by Crippen LogP contribution is 2.50. The first-order valence-electron chi connectivity index (χ1n) is 21.1. The minimum absolute atomic E-state index is 0.00538. The van der Waals surface area contributed by atoms with E-state index in [9.17, 15) is 19.5 Å². The van der Waals surface area contributed by atoms with Crippen molar-refractivity contribution in [2.24, 2.45) is 11.3 Å². The number of phenolic OH excluding ortho intramolecular Hbond substituents is 1. The fourth-order valence-electron chi connectivity index (χ4n) is 9.76. The van der Waals surface area contributed by atoms with E-state index in [-0.39, 0.29) is 47.4 Å². The summed E-state index contributed by atoms with van der Waals surface area (Å²) in [5, 5.41) is 16.1. The second kappa shape index (κ2) is 17.2. The molecule has 10 heteroatoms. The molecule has 310 valence electrons. The van der Waals surface area contributed by atoms with E-state index >= 15 is 0 Å². The zero-order valence-electron chi connectivity index (χ0n) is 34.9. The predicted molar refractivity (Wildman–Crippen MR) is 234 cm³/mol. The van der Waals surface area contributed by atoms with Crippen LogP contribution in [0.2, 0.25) is 0 Å². The molecule has 1 spiro atoms. The van der Waals surface area contributed by atoms with Crippen LogP contribution < -0.4 is 15.0 Å². The molecule has 0 saturated heterocycles. The van der Waals surface area contributed by atoms with Gasteiger partial charge < -0.3 is 34.3 Å². The number of hydrogen-bond acceptors (Lipinski definition) is 8. The number of allylic oxidation sites excluding steroid dienone is 6. The molecule has 0 fully saturated rings. The summed E-state index contributed by atoms with van der Waals surface area (Å²) in [6.45, 7) is 6.39. The Kier molecular flexibility index (Phi) is 11.6. The molecule has 5 atom stereocenters. The fourth-order valence-corrected chi connectivity index (χ4v) is 9.76. The number of aromatic hydroxyl groups is 1. The Morgan fingerprint density at radius 1 is 1.08 bits per heavy atom. The summed E-state index contributed by atoms with van der Waals surface area (Å²) < 4.78 is 13.6. The molecular formula is C50H54N4O6. The van der Waals surface area contributed by atoms with Gasteiger partial charge in [-0.3, -0.25) is 14.4 Å². The number of fused-ring (bicyclic) bond motifs is 2. The molecule has 4 heterocycles. The molecule has 6 bridgehead atoms. The molecule has 0 amide bonds. The summed E-state index contributed by atoms with van der Waals surface area (Å²) >= 11 is 0. The van der Waals surface area contributed by atoms with E-state index in [0.717, 1.165) is 40.7 Å². The lowest BCUT2D eigenvalue weighted by molar-refractivity contribution is -0.148. The molecular weight excluding hydrogens is 753 g/mol. The van der Waals surface area contributed by atoms with Gasteiger partial charge in [0.1, 0.15) is 23.5 Å². The van der Waals surface area contributed by atoms with E-state index in [1.165, 1.54) is 36.3 Å². The highest BCUT2D eigenvalue weighted by molar-refractivity contribution is 5.95. The smallest absolute Gasteiger partial charge is 0.302 e. The lowest BCUT2D eigenvalue weighted by atomic mass is 9.61. The van der Waals surface area contributed by atoms with Crippen molar-refractivity contribution in [3.8, 4) is 23.3 Å². The van der Waals surface area contributed by atoms with Crippen molar-refractivity contribution in [2.45, 2.75) is 90.2 Å². The van der Waals surface area contributed by atoms with Crippen molar-refractivity contribution in [1.29, 1.82) is 0 Å². The van der Waals surface area contributed by atoms with Gasteiger partial charge in [0.2, 0.25) is 0 Å². The van der Waals surface area contributed by atoms with Crippen LogP contribution in [-0.2, 0) is 25.5 Å². The van der Waals surface area contributed by atoms with Crippen LogP contribution in [0.1, 0.15) is 94.4 Å². The van der Waals surface area contributed by atoms with Gasteiger partial charge in [0.25, 0.3) is 0 Å². The monoisotopic (exact) mass is 806 g/mol. The summed E-state index contributed by atoms with van der Waals surface area (Å²) in [5.41, 5.74) is 6.25. The van der Waals surface area contributed by atoms with Crippen LogP contribution in [-0.4, -0.2) is 58.5 Å². The zero-order valence-corrected chi connectivity index (χ0v) is 34.9. The van der Waals surface area contributed by atoms with Crippen molar-refractivity contribution in [1.82, 2.24) is 14.9 Å². The number of carbonyl (C=O) groups excluding carboxylic acids is 3. The molecule has 8 rings (SSSR count). The average molecular weight is 807 g/mol. The Labute approximate surface area is 352 Å². The number of benzene rings is 2. The van der Waals surface area contributed by atoms with Crippen molar-refractivity contribution in [3.05, 3.63) is 125 Å². The number of aromatic amines is 1. The number of nitrogens with one attached hydrogen (secondary N) is 2. The van der Waals surface area contributed by atoms with Crippen LogP contribution in [0.5, 0.6) is 11.5 Å². The van der Waals surface area contributed by atoms with E-state index < -0.39 is 18.1 Å². The number of anilines is 1. The van der Waals surface area contributed by atoms with Gasteiger partial charge in [0, 0.05) is 86.7 Å². The maximum absolute atomic E-state index is 14.5. The molecule has 4 aliphatic rings. The first-order chi connectivity index (χ1) is 29.0. The number of Topliss-reactive ketones (excluding diaryl/α,β-unsaturated/α-hetero) is 2. The van der Waals surface area contributed by atoms with Crippen LogP contribution in [0.3, 0.4) is 0 Å². The largest absolute Gasteiger partial charge is 0.504 e. The number of aromatic nitrogens is 2. The number of H-pyrrole nitrogens is 1. The lowest BCUT2D eigenvalue weighted by Gasteiger charge is -2.43.